The van der Waals surface area contributed by atoms with Gasteiger partial charge in [-0.05, 0) is 17.5 Å². The Bertz CT molecular complexity index is 351. The van der Waals surface area contributed by atoms with E-state index in [2.05, 4.69) is 5.38 Å². The monoisotopic (exact) mass is 167 g/mol. The first-order valence-corrected chi connectivity index (χ1v) is 4.11. The molecular weight excluding hydrogens is 164 g/mol. The first-order valence-electron chi connectivity index (χ1n) is 2.92. The van der Waals surface area contributed by atoms with Gasteiger partial charge < -0.3 is 0 Å². The summed E-state index contributed by atoms with van der Waals surface area (Å²) in [6, 6.07) is 7.83. The van der Waals surface area contributed by atoms with Crippen molar-refractivity contribution < 1.29 is 0 Å². The van der Waals surface area contributed by atoms with E-state index in [1.807, 2.05) is 24.3 Å². The van der Waals surface area contributed by atoms with Crippen LogP contribution in [0.25, 0.3) is 10.1 Å². The Labute approximate surface area is 68.1 Å². The van der Waals surface area contributed by atoms with E-state index >= 15 is 0 Å². The van der Waals surface area contributed by atoms with Crippen molar-refractivity contribution in [1.82, 2.24) is 0 Å². The fourth-order valence-electron chi connectivity index (χ4n) is 0.899. The number of thiophene rings is 1. The fraction of sp³-hybridized carbons (Fsp3) is 0. The minimum Gasteiger partial charge on any atom is -0.133 e. The zero-order valence-corrected chi connectivity index (χ0v) is 6.67. The van der Waals surface area contributed by atoms with Gasteiger partial charge in [-0.2, -0.15) is 0 Å². The Morgan fingerprint density at radius 2 is 2.30 bits per heavy atom. The predicted octanol–water partition coefficient (Wildman–Crippen LogP) is 3.35. The predicted molar refractivity (Wildman–Crippen MR) is 45.7 cm³/mol. The molecule has 10 heavy (non-hydrogen) atoms. The number of fused-ring (bicyclic) bond motifs is 1. The van der Waals surface area contributed by atoms with E-state index in [0.29, 0.717) is 0 Å². The first kappa shape index (κ1) is 6.20. The van der Waals surface area contributed by atoms with E-state index in [-0.39, 0.29) is 0 Å². The first-order chi connectivity index (χ1) is 4.88. The summed E-state index contributed by atoms with van der Waals surface area (Å²) in [5.41, 5.74) is 0. The van der Waals surface area contributed by atoms with E-state index in [4.69, 9.17) is 11.6 Å². The molecule has 2 aromatic rings. The van der Waals surface area contributed by atoms with Gasteiger partial charge in [0.05, 0.1) is 9.72 Å². The second kappa shape index (κ2) is 2.26. The summed E-state index contributed by atoms with van der Waals surface area (Å²) in [4.78, 5) is 0. The Hall–Kier alpha value is -0.530. The lowest BCUT2D eigenvalue weighted by Crippen LogP contribution is -1.62. The van der Waals surface area contributed by atoms with E-state index in [9.17, 15) is 0 Å². The molecule has 1 radical (unpaired) electrons. The van der Waals surface area contributed by atoms with Crippen molar-refractivity contribution in [3.05, 3.63) is 34.7 Å². The fourth-order valence-corrected chi connectivity index (χ4v) is 1.91. The van der Waals surface area contributed by atoms with E-state index in [1.165, 1.54) is 5.39 Å². The zero-order valence-electron chi connectivity index (χ0n) is 5.10. The van der Waals surface area contributed by atoms with Crippen LogP contribution >= 0.6 is 22.9 Å². The standard InChI is InChI=1S/C8H4ClS/c9-7-3-1-2-6-4-5-10-8(6)7/h1-4H. The molecule has 0 nitrogen and oxygen atoms in total. The third-order valence-electron chi connectivity index (χ3n) is 1.37. The van der Waals surface area contributed by atoms with Crippen LogP contribution in [0.4, 0.5) is 0 Å². The molecule has 0 aliphatic heterocycles. The maximum absolute atomic E-state index is 5.89. The minimum atomic E-state index is 0.823. The third-order valence-corrected chi connectivity index (χ3v) is 2.70. The lowest BCUT2D eigenvalue weighted by Gasteiger charge is -1.89. The molecule has 2 rings (SSSR count). The van der Waals surface area contributed by atoms with Crippen LogP contribution in [0.2, 0.25) is 5.02 Å². The third kappa shape index (κ3) is 0.825. The normalized spacial score (nSPS) is 10.5. The average Bonchev–Trinajstić information content (AvgIpc) is 2.36. The molecule has 0 saturated carbocycles. The summed E-state index contributed by atoms with van der Waals surface area (Å²) in [5, 5.41) is 5.04. The molecule has 0 bridgehead atoms. The second-order valence-electron chi connectivity index (χ2n) is 2.02. The van der Waals surface area contributed by atoms with Crippen LogP contribution in [0.5, 0.6) is 0 Å². The SMILES string of the molecule is Clc1cccc2c[c]sc12. The molecule has 0 atom stereocenters. The highest BCUT2D eigenvalue weighted by Gasteiger charge is 1.96. The van der Waals surface area contributed by atoms with Gasteiger partial charge in [0.15, 0.2) is 0 Å². The number of benzene rings is 1. The Morgan fingerprint density at radius 1 is 1.40 bits per heavy atom. The lowest BCUT2D eigenvalue weighted by molar-refractivity contribution is 1.85. The van der Waals surface area contributed by atoms with Crippen molar-refractivity contribution in [3.63, 3.8) is 0 Å². The van der Waals surface area contributed by atoms with Crippen molar-refractivity contribution in [1.29, 1.82) is 0 Å². The summed E-state index contributed by atoms with van der Waals surface area (Å²) < 4.78 is 1.13. The quantitative estimate of drug-likeness (QED) is 0.565. The summed E-state index contributed by atoms with van der Waals surface area (Å²) in [5.74, 6) is 0. The smallest absolute Gasteiger partial charge is 0.0584 e. The van der Waals surface area contributed by atoms with E-state index < -0.39 is 0 Å². The molecule has 2 heteroatoms. The second-order valence-corrected chi connectivity index (χ2v) is 3.28. The molecule has 1 aromatic carbocycles. The molecule has 0 N–H and O–H groups in total. The van der Waals surface area contributed by atoms with Crippen molar-refractivity contribution in [2.24, 2.45) is 0 Å². The number of hydrogen-bond donors (Lipinski definition) is 0. The van der Waals surface area contributed by atoms with E-state index in [0.717, 1.165) is 9.72 Å². The molecule has 1 aromatic heterocycles. The molecule has 0 spiro atoms. The van der Waals surface area contributed by atoms with Crippen LogP contribution in [-0.4, -0.2) is 0 Å². The number of rotatable bonds is 0. The van der Waals surface area contributed by atoms with Gasteiger partial charge >= 0.3 is 0 Å². The Kier molecular flexibility index (Phi) is 1.40. The van der Waals surface area contributed by atoms with Crippen molar-refractivity contribution in [2.75, 3.05) is 0 Å². The molecule has 0 unspecified atom stereocenters. The minimum absolute atomic E-state index is 0.823. The number of halogens is 1. The Morgan fingerprint density at radius 3 is 3.10 bits per heavy atom. The molecule has 0 fully saturated rings. The lowest BCUT2D eigenvalue weighted by atomic mass is 10.3. The highest BCUT2D eigenvalue weighted by atomic mass is 35.5. The van der Waals surface area contributed by atoms with Gasteiger partial charge in [0.25, 0.3) is 0 Å². The number of hydrogen-bond acceptors (Lipinski definition) is 1. The van der Waals surface area contributed by atoms with Gasteiger partial charge in [-0.15, -0.1) is 11.3 Å². The molecule has 0 saturated heterocycles. The van der Waals surface area contributed by atoms with E-state index in [1.54, 1.807) is 11.3 Å². The average molecular weight is 168 g/mol. The molecule has 1 heterocycles. The highest BCUT2D eigenvalue weighted by Crippen LogP contribution is 2.27. The van der Waals surface area contributed by atoms with Gasteiger partial charge in [0.1, 0.15) is 0 Å². The van der Waals surface area contributed by atoms with Crippen LogP contribution in [0.1, 0.15) is 0 Å². The molecule has 0 aliphatic carbocycles. The Balaban J connectivity index is 2.95. The maximum atomic E-state index is 5.89. The van der Waals surface area contributed by atoms with Crippen molar-refractivity contribution >= 4 is 33.0 Å². The summed E-state index contributed by atoms with van der Waals surface area (Å²) in [7, 11) is 0. The van der Waals surface area contributed by atoms with Gasteiger partial charge in [0, 0.05) is 5.38 Å². The van der Waals surface area contributed by atoms with Gasteiger partial charge in [0.2, 0.25) is 0 Å². The summed E-state index contributed by atoms with van der Waals surface area (Å²) in [6.07, 6.45) is 0. The summed E-state index contributed by atoms with van der Waals surface area (Å²) >= 11 is 7.45. The van der Waals surface area contributed by atoms with Gasteiger partial charge in [-0.3, -0.25) is 0 Å². The van der Waals surface area contributed by atoms with Crippen LogP contribution in [0.3, 0.4) is 0 Å². The van der Waals surface area contributed by atoms with Crippen LogP contribution in [-0.2, 0) is 0 Å². The topological polar surface area (TPSA) is 0 Å². The largest absolute Gasteiger partial charge is 0.133 e. The van der Waals surface area contributed by atoms with Crippen LogP contribution < -0.4 is 0 Å². The summed E-state index contributed by atoms with van der Waals surface area (Å²) in [6.45, 7) is 0. The van der Waals surface area contributed by atoms with Crippen LogP contribution in [0, 0.1) is 5.38 Å². The van der Waals surface area contributed by atoms with Gasteiger partial charge in [-0.1, -0.05) is 23.7 Å². The molecule has 0 aliphatic rings. The van der Waals surface area contributed by atoms with Crippen LogP contribution in [0.15, 0.2) is 24.3 Å². The highest BCUT2D eigenvalue weighted by molar-refractivity contribution is 7.17. The molecule has 0 amide bonds. The maximum Gasteiger partial charge on any atom is 0.0584 e. The van der Waals surface area contributed by atoms with Gasteiger partial charge in [-0.25, -0.2) is 0 Å². The molecular formula is C8H4ClS. The van der Waals surface area contributed by atoms with Crippen molar-refractivity contribution in [3.8, 4) is 0 Å². The molecule has 49 valence electrons. The zero-order chi connectivity index (χ0) is 6.97. The van der Waals surface area contributed by atoms with Crippen molar-refractivity contribution in [2.45, 2.75) is 0 Å².